The van der Waals surface area contributed by atoms with E-state index in [-0.39, 0.29) is 17.1 Å². The Morgan fingerprint density at radius 2 is 1.72 bits per heavy atom. The lowest BCUT2D eigenvalue weighted by molar-refractivity contribution is 0.0597. The number of carbonyl (C=O) groups is 2. The van der Waals surface area contributed by atoms with Crippen molar-refractivity contribution in [3.05, 3.63) is 59.7 Å². The largest absolute Gasteiger partial charge is 0.507 e. The number of rotatable bonds is 8. The Morgan fingerprint density at radius 1 is 1.00 bits per heavy atom. The summed E-state index contributed by atoms with van der Waals surface area (Å²) in [5.74, 6) is -0.848. The minimum absolute atomic E-state index is 0.0228. The third kappa shape index (κ3) is 5.57. The molecule has 0 saturated carbocycles. The number of benzene rings is 2. The van der Waals surface area contributed by atoms with Gasteiger partial charge >= 0.3 is 5.97 Å². The van der Waals surface area contributed by atoms with E-state index in [1.54, 1.807) is 6.07 Å². The summed E-state index contributed by atoms with van der Waals surface area (Å²) in [6.45, 7) is 5.09. The number of ether oxygens (including phenoxy) is 1. The molecule has 0 atom stereocenters. The third-order valence-electron chi connectivity index (χ3n) is 5.35. The molecule has 0 aliphatic carbocycles. The van der Waals surface area contributed by atoms with Crippen molar-refractivity contribution in [3.63, 3.8) is 0 Å². The quantitative estimate of drug-likeness (QED) is 0.419. The molecular formula is C23H28N2O4. The molecule has 1 aliphatic heterocycles. The van der Waals surface area contributed by atoms with E-state index >= 15 is 0 Å². The number of unbranched alkanes of at least 4 members (excludes halogenated alkanes) is 1. The lowest BCUT2D eigenvalue weighted by atomic mass is 10.0. The first-order valence-electron chi connectivity index (χ1n) is 10.1. The van der Waals surface area contributed by atoms with E-state index in [1.807, 2.05) is 6.07 Å². The maximum Gasteiger partial charge on any atom is 0.341 e. The number of methoxy groups -OCH3 is 1. The Kier molecular flexibility index (Phi) is 7.25. The average Bonchev–Trinajstić information content (AvgIpc) is 2.77. The molecule has 1 saturated heterocycles. The van der Waals surface area contributed by atoms with Gasteiger partial charge in [0.1, 0.15) is 11.3 Å². The van der Waals surface area contributed by atoms with Crippen LogP contribution in [-0.4, -0.2) is 61.6 Å². The van der Waals surface area contributed by atoms with Crippen LogP contribution in [0.3, 0.4) is 0 Å². The molecule has 2 aromatic carbocycles. The van der Waals surface area contributed by atoms with Crippen LogP contribution in [0.5, 0.6) is 5.75 Å². The van der Waals surface area contributed by atoms with Crippen molar-refractivity contribution in [1.82, 2.24) is 4.90 Å². The van der Waals surface area contributed by atoms with Crippen molar-refractivity contribution < 1.29 is 19.4 Å². The SMILES string of the molecule is COC(=O)c1cc(C(=O)CCCCN2CCN(c3ccccc3)CC2)ccc1O. The number of nitrogens with zero attached hydrogens (tertiary/aromatic N) is 2. The van der Waals surface area contributed by atoms with Crippen LogP contribution in [0.25, 0.3) is 0 Å². The molecule has 6 nitrogen and oxygen atoms in total. The summed E-state index contributed by atoms with van der Waals surface area (Å²) in [5, 5.41) is 9.75. The highest BCUT2D eigenvalue weighted by Crippen LogP contribution is 2.21. The van der Waals surface area contributed by atoms with Gasteiger partial charge in [0.15, 0.2) is 5.78 Å². The summed E-state index contributed by atoms with van der Waals surface area (Å²) in [7, 11) is 1.25. The summed E-state index contributed by atoms with van der Waals surface area (Å²) < 4.78 is 4.63. The highest BCUT2D eigenvalue weighted by molar-refractivity contribution is 6.00. The lowest BCUT2D eigenvalue weighted by Crippen LogP contribution is -2.46. The molecule has 0 bridgehead atoms. The maximum absolute atomic E-state index is 12.4. The van der Waals surface area contributed by atoms with Crippen LogP contribution < -0.4 is 4.90 Å². The van der Waals surface area contributed by atoms with Gasteiger partial charge in [-0.25, -0.2) is 4.79 Å². The van der Waals surface area contributed by atoms with Crippen LogP contribution in [0.4, 0.5) is 5.69 Å². The van der Waals surface area contributed by atoms with Gasteiger partial charge < -0.3 is 14.7 Å². The number of anilines is 1. The van der Waals surface area contributed by atoms with E-state index in [1.165, 1.54) is 24.9 Å². The van der Waals surface area contributed by atoms with E-state index in [0.717, 1.165) is 45.6 Å². The van der Waals surface area contributed by atoms with E-state index in [2.05, 4.69) is 38.8 Å². The van der Waals surface area contributed by atoms with Gasteiger partial charge in [-0.15, -0.1) is 0 Å². The molecule has 2 aromatic rings. The average molecular weight is 396 g/mol. The maximum atomic E-state index is 12.4. The van der Waals surface area contributed by atoms with Crippen LogP contribution in [0.15, 0.2) is 48.5 Å². The van der Waals surface area contributed by atoms with Crippen molar-refractivity contribution in [2.75, 3.05) is 44.7 Å². The summed E-state index contributed by atoms with van der Waals surface area (Å²) in [4.78, 5) is 28.9. The van der Waals surface area contributed by atoms with E-state index < -0.39 is 5.97 Å². The van der Waals surface area contributed by atoms with E-state index in [0.29, 0.717) is 12.0 Å². The molecule has 29 heavy (non-hydrogen) atoms. The zero-order chi connectivity index (χ0) is 20.6. The Labute approximate surface area is 171 Å². The summed E-state index contributed by atoms with van der Waals surface area (Å²) in [5.41, 5.74) is 1.73. The molecule has 0 spiro atoms. The van der Waals surface area contributed by atoms with Gasteiger partial charge in [-0.2, -0.15) is 0 Å². The molecule has 1 heterocycles. The number of Topliss-reactive ketones (excluding diaryl/α,β-unsaturated/α-hetero) is 1. The summed E-state index contributed by atoms with van der Waals surface area (Å²) in [6, 6.07) is 14.8. The molecule has 1 aliphatic rings. The predicted octanol–water partition coefficient (Wildman–Crippen LogP) is 3.35. The van der Waals surface area contributed by atoms with Gasteiger partial charge in [0.25, 0.3) is 0 Å². The van der Waals surface area contributed by atoms with Gasteiger partial charge in [-0.1, -0.05) is 18.2 Å². The predicted molar refractivity (Wildman–Crippen MR) is 113 cm³/mol. The molecule has 154 valence electrons. The van der Waals surface area contributed by atoms with Crippen LogP contribution in [-0.2, 0) is 4.74 Å². The van der Waals surface area contributed by atoms with Gasteiger partial charge in [0.2, 0.25) is 0 Å². The normalized spacial score (nSPS) is 14.6. The Bertz CT molecular complexity index is 830. The standard InChI is InChI=1S/C23H28N2O4/c1-29-23(28)20-17-18(10-11-22(20)27)21(26)9-5-6-12-24-13-15-25(16-14-24)19-7-3-2-4-8-19/h2-4,7-8,10-11,17,27H,5-6,9,12-16H2,1H3. The molecule has 6 heteroatoms. The third-order valence-corrected chi connectivity index (χ3v) is 5.35. The Morgan fingerprint density at radius 3 is 2.41 bits per heavy atom. The van der Waals surface area contributed by atoms with Crippen molar-refractivity contribution >= 4 is 17.4 Å². The molecule has 1 fully saturated rings. The van der Waals surface area contributed by atoms with E-state index in [4.69, 9.17) is 0 Å². The molecule has 0 unspecified atom stereocenters. The Balaban J connectivity index is 1.40. The number of esters is 1. The molecule has 0 radical (unpaired) electrons. The minimum atomic E-state index is -0.646. The van der Waals surface area contributed by atoms with Crippen LogP contribution in [0.1, 0.15) is 40.0 Å². The highest BCUT2D eigenvalue weighted by atomic mass is 16.5. The first-order valence-corrected chi connectivity index (χ1v) is 10.1. The van der Waals surface area contributed by atoms with Crippen molar-refractivity contribution in [2.24, 2.45) is 0 Å². The zero-order valence-corrected chi connectivity index (χ0v) is 16.8. The number of phenolic OH excluding ortho intramolecular Hbond substituents is 1. The Hall–Kier alpha value is -2.86. The van der Waals surface area contributed by atoms with Gasteiger partial charge in [-0.05, 0) is 49.7 Å². The number of aromatic hydroxyl groups is 1. The number of ketones is 1. The van der Waals surface area contributed by atoms with Gasteiger partial charge in [0, 0.05) is 43.9 Å². The minimum Gasteiger partial charge on any atom is -0.507 e. The first-order chi connectivity index (χ1) is 14.1. The summed E-state index contributed by atoms with van der Waals surface area (Å²) in [6.07, 6.45) is 2.18. The first kappa shape index (κ1) is 20.9. The second-order valence-corrected chi connectivity index (χ2v) is 7.27. The topological polar surface area (TPSA) is 70.1 Å². The van der Waals surface area contributed by atoms with Crippen molar-refractivity contribution in [1.29, 1.82) is 0 Å². The smallest absolute Gasteiger partial charge is 0.341 e. The fraction of sp³-hybridized carbons (Fsp3) is 0.391. The molecule has 0 aromatic heterocycles. The number of hydrogen-bond donors (Lipinski definition) is 1. The monoisotopic (exact) mass is 396 g/mol. The summed E-state index contributed by atoms with van der Waals surface area (Å²) >= 11 is 0. The van der Waals surface area contributed by atoms with Crippen molar-refractivity contribution in [3.8, 4) is 5.75 Å². The molecule has 1 N–H and O–H groups in total. The molecular weight excluding hydrogens is 368 g/mol. The fourth-order valence-corrected chi connectivity index (χ4v) is 3.62. The van der Waals surface area contributed by atoms with Gasteiger partial charge in [-0.3, -0.25) is 9.69 Å². The highest BCUT2D eigenvalue weighted by Gasteiger charge is 2.18. The number of hydrogen-bond acceptors (Lipinski definition) is 6. The number of carbonyl (C=O) groups excluding carboxylic acids is 2. The number of piperazine rings is 1. The second kappa shape index (κ2) is 10.1. The fourth-order valence-electron chi connectivity index (χ4n) is 3.62. The van der Waals surface area contributed by atoms with Gasteiger partial charge in [0.05, 0.1) is 7.11 Å². The lowest BCUT2D eigenvalue weighted by Gasteiger charge is -2.36. The van der Waals surface area contributed by atoms with Crippen LogP contribution >= 0.6 is 0 Å². The molecule has 0 amide bonds. The number of phenols is 1. The zero-order valence-electron chi connectivity index (χ0n) is 16.8. The number of para-hydroxylation sites is 1. The molecule has 3 rings (SSSR count). The second-order valence-electron chi connectivity index (χ2n) is 7.27. The van der Waals surface area contributed by atoms with Crippen molar-refractivity contribution in [2.45, 2.75) is 19.3 Å². The van der Waals surface area contributed by atoms with Crippen LogP contribution in [0, 0.1) is 0 Å². The van der Waals surface area contributed by atoms with E-state index in [9.17, 15) is 14.7 Å². The van der Waals surface area contributed by atoms with Crippen LogP contribution in [0.2, 0.25) is 0 Å².